The number of primary amides is 1. The van der Waals surface area contributed by atoms with E-state index in [-0.39, 0.29) is 11.5 Å². The van der Waals surface area contributed by atoms with E-state index in [0.29, 0.717) is 12.1 Å². The molecule has 3 N–H and O–H groups in total. The summed E-state index contributed by atoms with van der Waals surface area (Å²) in [6.45, 7) is 5.12. The largest absolute Gasteiger partial charge is 0.379 e. The summed E-state index contributed by atoms with van der Waals surface area (Å²) < 4.78 is 1.81. The molecule has 0 radical (unpaired) electrons. The van der Waals surface area contributed by atoms with E-state index in [9.17, 15) is 4.79 Å². The Morgan fingerprint density at radius 2 is 1.82 bits per heavy atom. The minimum atomic E-state index is -0.492. The van der Waals surface area contributed by atoms with Crippen LogP contribution >= 0.6 is 0 Å². The van der Waals surface area contributed by atoms with Gasteiger partial charge in [0.1, 0.15) is 0 Å². The van der Waals surface area contributed by atoms with Gasteiger partial charge in [0.2, 0.25) is 0 Å². The first-order chi connectivity index (χ1) is 16.4. The highest BCUT2D eigenvalue weighted by atomic mass is 16.1. The number of carbonyl (C=O) groups excluding carboxylic acids is 1. The highest BCUT2D eigenvalue weighted by Crippen LogP contribution is 2.39. The van der Waals surface area contributed by atoms with Crippen LogP contribution in [0.4, 0.5) is 5.69 Å². The van der Waals surface area contributed by atoms with Crippen molar-refractivity contribution >= 4 is 22.8 Å². The molecule has 0 spiro atoms. The Labute approximate surface area is 199 Å². The maximum atomic E-state index is 12.3. The Morgan fingerprint density at radius 1 is 1.12 bits per heavy atom. The summed E-state index contributed by atoms with van der Waals surface area (Å²) in [5, 5.41) is 8.12. The van der Waals surface area contributed by atoms with Gasteiger partial charge in [0.05, 0.1) is 29.5 Å². The van der Waals surface area contributed by atoms with Crippen molar-refractivity contribution in [2.24, 2.45) is 16.1 Å². The van der Waals surface area contributed by atoms with Crippen LogP contribution in [-0.4, -0.2) is 27.3 Å². The van der Waals surface area contributed by atoms with E-state index in [1.54, 1.807) is 6.20 Å². The lowest BCUT2D eigenvalue weighted by atomic mass is 9.85. The second kappa shape index (κ2) is 8.78. The number of hydrogen-bond donors (Lipinski definition) is 2. The van der Waals surface area contributed by atoms with Gasteiger partial charge in [-0.05, 0) is 30.0 Å². The first kappa shape index (κ1) is 21.9. The molecule has 1 amide bonds. The Kier molecular flexibility index (Phi) is 5.65. The van der Waals surface area contributed by atoms with Gasteiger partial charge in [-0.25, -0.2) is 4.52 Å². The number of fused-ring (bicyclic) bond motifs is 1. The Hall–Kier alpha value is -3.93. The van der Waals surface area contributed by atoms with Gasteiger partial charge in [-0.2, -0.15) is 5.10 Å². The average Bonchev–Trinajstić information content (AvgIpc) is 3.40. The number of rotatable bonds is 6. The molecule has 1 saturated carbocycles. The number of nitrogens with one attached hydrogen (secondary N) is 1. The van der Waals surface area contributed by atoms with Crippen LogP contribution in [0.15, 0.2) is 84.1 Å². The number of nitrogens with two attached hydrogens (primary N) is 1. The van der Waals surface area contributed by atoms with Crippen molar-refractivity contribution in [3.8, 4) is 11.1 Å². The third-order valence-corrected chi connectivity index (χ3v) is 6.91. The second-order valence-electron chi connectivity index (χ2n) is 9.43. The fraction of sp³-hybridized carbons (Fsp3) is 0.250. The summed E-state index contributed by atoms with van der Waals surface area (Å²) in [5.74, 6) is -0.492. The van der Waals surface area contributed by atoms with Gasteiger partial charge >= 0.3 is 0 Å². The molecule has 2 aromatic carbocycles. The number of hydrogen-bond acceptors (Lipinski definition) is 4. The summed E-state index contributed by atoms with van der Waals surface area (Å²) in [6.07, 6.45) is 5.38. The zero-order valence-corrected chi connectivity index (χ0v) is 19.5. The SMILES string of the molecule is CC1(C)/C(=N/Cc2ccccc2)CCC1Nc1c(C(N)=O)cnn2cc(-c3ccccc3)cc12. The van der Waals surface area contributed by atoms with Crippen molar-refractivity contribution in [2.75, 3.05) is 5.32 Å². The number of aliphatic imine (C=N–C) groups is 1. The number of anilines is 1. The van der Waals surface area contributed by atoms with Crippen molar-refractivity contribution in [1.82, 2.24) is 9.61 Å². The quantitative estimate of drug-likeness (QED) is 0.415. The smallest absolute Gasteiger partial charge is 0.252 e. The van der Waals surface area contributed by atoms with Gasteiger partial charge in [-0.3, -0.25) is 9.79 Å². The number of aromatic nitrogens is 2. The van der Waals surface area contributed by atoms with Gasteiger partial charge in [-0.15, -0.1) is 0 Å². The van der Waals surface area contributed by atoms with Crippen molar-refractivity contribution in [2.45, 2.75) is 39.3 Å². The highest BCUT2D eigenvalue weighted by Gasteiger charge is 2.40. The normalized spacial score (nSPS) is 18.4. The molecule has 1 fully saturated rings. The maximum Gasteiger partial charge on any atom is 0.252 e. The molecule has 2 heterocycles. The second-order valence-corrected chi connectivity index (χ2v) is 9.43. The van der Waals surface area contributed by atoms with E-state index < -0.39 is 5.91 Å². The molecule has 1 aliphatic rings. The van der Waals surface area contributed by atoms with Gasteiger partial charge < -0.3 is 11.1 Å². The van der Waals surface area contributed by atoms with E-state index in [0.717, 1.165) is 35.2 Å². The molecule has 6 heteroatoms. The molecule has 172 valence electrons. The molecular weight excluding hydrogens is 422 g/mol. The fourth-order valence-electron chi connectivity index (χ4n) is 4.83. The number of benzene rings is 2. The first-order valence-corrected chi connectivity index (χ1v) is 11.6. The average molecular weight is 452 g/mol. The van der Waals surface area contributed by atoms with Crippen LogP contribution < -0.4 is 11.1 Å². The molecule has 0 saturated heterocycles. The molecule has 1 aliphatic carbocycles. The van der Waals surface area contributed by atoms with Gasteiger partial charge in [0.25, 0.3) is 5.91 Å². The van der Waals surface area contributed by atoms with Crippen LogP contribution in [0.5, 0.6) is 0 Å². The Morgan fingerprint density at radius 3 is 2.53 bits per heavy atom. The van der Waals surface area contributed by atoms with Crippen molar-refractivity contribution < 1.29 is 4.79 Å². The topological polar surface area (TPSA) is 84.8 Å². The van der Waals surface area contributed by atoms with Crippen LogP contribution in [0.2, 0.25) is 0 Å². The van der Waals surface area contributed by atoms with Gasteiger partial charge in [0, 0.05) is 28.9 Å². The summed E-state index contributed by atoms with van der Waals surface area (Å²) in [5.41, 5.74) is 12.1. The van der Waals surface area contributed by atoms with Crippen LogP contribution in [-0.2, 0) is 6.54 Å². The maximum absolute atomic E-state index is 12.3. The van der Waals surface area contributed by atoms with E-state index in [2.05, 4.69) is 54.6 Å². The van der Waals surface area contributed by atoms with Crippen LogP contribution in [0.1, 0.15) is 42.6 Å². The number of carbonyl (C=O) groups is 1. The van der Waals surface area contributed by atoms with Crippen LogP contribution in [0, 0.1) is 5.41 Å². The fourth-order valence-corrected chi connectivity index (χ4v) is 4.83. The Bertz CT molecular complexity index is 1360. The monoisotopic (exact) mass is 451 g/mol. The lowest BCUT2D eigenvalue weighted by molar-refractivity contribution is 0.100. The summed E-state index contributed by atoms with van der Waals surface area (Å²) in [7, 11) is 0. The van der Waals surface area contributed by atoms with Gasteiger partial charge in [-0.1, -0.05) is 74.5 Å². The van der Waals surface area contributed by atoms with E-state index in [1.165, 1.54) is 11.3 Å². The molecule has 1 atom stereocenters. The van der Waals surface area contributed by atoms with Gasteiger partial charge in [0.15, 0.2) is 0 Å². The molecule has 5 rings (SSSR count). The third kappa shape index (κ3) is 4.07. The summed E-state index contributed by atoms with van der Waals surface area (Å²) >= 11 is 0. The van der Waals surface area contributed by atoms with Crippen molar-refractivity contribution in [1.29, 1.82) is 0 Å². The zero-order valence-electron chi connectivity index (χ0n) is 19.5. The first-order valence-electron chi connectivity index (χ1n) is 11.6. The summed E-state index contributed by atoms with van der Waals surface area (Å²) in [6, 6.07) is 22.6. The molecule has 4 aromatic rings. The molecule has 2 aromatic heterocycles. The lowest BCUT2D eigenvalue weighted by Crippen LogP contribution is -2.36. The molecular formula is C28H29N5O. The van der Waals surface area contributed by atoms with Crippen LogP contribution in [0.25, 0.3) is 16.6 Å². The minimum Gasteiger partial charge on any atom is -0.379 e. The standard InChI is InChI=1S/C28H29N5O/c1-28(2)24(30-16-19-9-5-3-6-10-19)13-14-25(28)32-26-22(27(29)34)17-31-33-18-21(15-23(26)33)20-11-7-4-8-12-20/h3-12,15,17-18,25,32H,13-14,16H2,1-2H3,(H2,29,34)/b30-24+. The number of nitrogens with zero attached hydrogens (tertiary/aromatic N) is 3. The molecule has 34 heavy (non-hydrogen) atoms. The summed E-state index contributed by atoms with van der Waals surface area (Å²) in [4.78, 5) is 17.3. The molecule has 0 aliphatic heterocycles. The molecule has 6 nitrogen and oxygen atoms in total. The Balaban J connectivity index is 1.48. The predicted octanol–water partition coefficient (Wildman–Crippen LogP) is 5.34. The molecule has 0 bridgehead atoms. The molecule has 1 unspecified atom stereocenters. The lowest BCUT2D eigenvalue weighted by Gasteiger charge is -2.30. The highest BCUT2D eigenvalue weighted by molar-refractivity contribution is 6.03. The van der Waals surface area contributed by atoms with Crippen molar-refractivity contribution in [3.63, 3.8) is 0 Å². The van der Waals surface area contributed by atoms with E-state index >= 15 is 0 Å². The third-order valence-electron chi connectivity index (χ3n) is 6.91. The van der Waals surface area contributed by atoms with Crippen molar-refractivity contribution in [3.05, 3.63) is 90.3 Å². The zero-order chi connectivity index (χ0) is 23.7. The van der Waals surface area contributed by atoms with E-state index in [1.807, 2.05) is 47.1 Å². The van der Waals surface area contributed by atoms with Crippen LogP contribution in [0.3, 0.4) is 0 Å². The minimum absolute atomic E-state index is 0.112. The predicted molar refractivity (Wildman–Crippen MR) is 137 cm³/mol. The number of amides is 1. The van der Waals surface area contributed by atoms with E-state index in [4.69, 9.17) is 10.7 Å².